The molecule has 0 bridgehead atoms. The Hall–Kier alpha value is -1.06. The molecule has 88 valence electrons. The van der Waals surface area contributed by atoms with Crippen LogP contribution in [0.5, 0.6) is 0 Å². The molecule has 1 saturated carbocycles. The number of nitrogen functional groups attached to an aromatic ring is 1. The van der Waals surface area contributed by atoms with Gasteiger partial charge in [-0.05, 0) is 30.5 Å². The highest BCUT2D eigenvalue weighted by Crippen LogP contribution is 2.49. The number of hydrogen-bond donors (Lipinski definition) is 1. The highest BCUT2D eigenvalue weighted by atomic mass is 35.5. The molecule has 3 rings (SSSR count). The summed E-state index contributed by atoms with van der Waals surface area (Å²) in [4.78, 5) is 4.46. The van der Waals surface area contributed by atoms with Crippen molar-refractivity contribution in [2.75, 3.05) is 5.73 Å². The zero-order valence-corrected chi connectivity index (χ0v) is 10.9. The fourth-order valence-electron chi connectivity index (χ4n) is 2.52. The van der Waals surface area contributed by atoms with E-state index in [4.69, 9.17) is 17.3 Å². The summed E-state index contributed by atoms with van der Waals surface area (Å²) in [6.45, 7) is 0. The molecule has 1 fully saturated rings. The Morgan fingerprint density at radius 2 is 2.18 bits per heavy atom. The van der Waals surface area contributed by atoms with Crippen LogP contribution < -0.4 is 5.73 Å². The van der Waals surface area contributed by atoms with Gasteiger partial charge in [0, 0.05) is 15.8 Å². The highest BCUT2D eigenvalue weighted by Gasteiger charge is 2.42. The lowest BCUT2D eigenvalue weighted by molar-refractivity contribution is 0.295. The largest absolute Gasteiger partial charge is 0.375 e. The molecule has 0 unspecified atom stereocenters. The van der Waals surface area contributed by atoms with E-state index in [1.165, 1.54) is 23.3 Å². The van der Waals surface area contributed by atoms with Crippen LogP contribution >= 0.6 is 22.9 Å². The van der Waals surface area contributed by atoms with Crippen molar-refractivity contribution in [2.45, 2.75) is 24.7 Å². The summed E-state index contributed by atoms with van der Waals surface area (Å²) in [6.07, 6.45) is 3.51. The molecule has 2 aromatic rings. The predicted molar refractivity (Wildman–Crippen MR) is 72.6 cm³/mol. The van der Waals surface area contributed by atoms with Crippen molar-refractivity contribution < 1.29 is 0 Å². The van der Waals surface area contributed by atoms with Gasteiger partial charge in [0.05, 0.1) is 5.69 Å². The molecule has 1 aromatic carbocycles. The number of benzene rings is 1. The molecule has 0 atom stereocenters. The first kappa shape index (κ1) is 11.1. The minimum atomic E-state index is 0.0546. The van der Waals surface area contributed by atoms with E-state index in [9.17, 15) is 0 Å². The van der Waals surface area contributed by atoms with Crippen molar-refractivity contribution in [3.8, 4) is 0 Å². The van der Waals surface area contributed by atoms with Gasteiger partial charge in [0.2, 0.25) is 0 Å². The molecular formula is C13H13ClN2S. The third-order valence-corrected chi connectivity index (χ3v) is 4.51. The summed E-state index contributed by atoms with van der Waals surface area (Å²) >= 11 is 7.60. The molecule has 0 aliphatic heterocycles. The second-order valence-electron chi connectivity index (χ2n) is 4.52. The van der Waals surface area contributed by atoms with Gasteiger partial charge in [0.15, 0.2) is 5.13 Å². The number of nitrogens with zero attached hydrogens (tertiary/aromatic N) is 1. The van der Waals surface area contributed by atoms with E-state index in [1.54, 1.807) is 0 Å². The molecule has 1 aliphatic carbocycles. The maximum absolute atomic E-state index is 6.08. The predicted octanol–water partition coefficient (Wildman–Crippen LogP) is 3.85. The summed E-state index contributed by atoms with van der Waals surface area (Å²) < 4.78 is 0. The lowest BCUT2D eigenvalue weighted by Crippen LogP contribution is -2.35. The molecule has 1 aromatic heterocycles. The lowest BCUT2D eigenvalue weighted by atomic mass is 9.63. The molecule has 1 aliphatic rings. The first-order chi connectivity index (χ1) is 8.21. The van der Waals surface area contributed by atoms with E-state index in [0.717, 1.165) is 23.6 Å². The van der Waals surface area contributed by atoms with Gasteiger partial charge in [0.25, 0.3) is 0 Å². The Morgan fingerprint density at radius 1 is 1.35 bits per heavy atom. The Morgan fingerprint density at radius 3 is 2.71 bits per heavy atom. The zero-order valence-electron chi connectivity index (χ0n) is 9.32. The zero-order chi connectivity index (χ0) is 11.9. The van der Waals surface area contributed by atoms with Gasteiger partial charge in [-0.15, -0.1) is 11.3 Å². The van der Waals surface area contributed by atoms with E-state index >= 15 is 0 Å². The second kappa shape index (κ2) is 4.00. The Kier molecular flexibility index (Phi) is 2.60. The number of anilines is 1. The van der Waals surface area contributed by atoms with Gasteiger partial charge in [-0.25, -0.2) is 4.98 Å². The number of hydrogen-bond acceptors (Lipinski definition) is 3. The molecule has 2 nitrogen and oxygen atoms in total. The molecule has 1 heterocycles. The van der Waals surface area contributed by atoms with E-state index in [2.05, 4.69) is 22.5 Å². The van der Waals surface area contributed by atoms with Crippen LogP contribution in [0.25, 0.3) is 0 Å². The molecular weight excluding hydrogens is 252 g/mol. The molecule has 0 amide bonds. The average molecular weight is 265 g/mol. The van der Waals surface area contributed by atoms with Gasteiger partial charge < -0.3 is 5.73 Å². The summed E-state index contributed by atoms with van der Waals surface area (Å²) in [6, 6.07) is 8.11. The van der Waals surface area contributed by atoms with Crippen molar-refractivity contribution in [1.82, 2.24) is 4.98 Å². The van der Waals surface area contributed by atoms with Crippen molar-refractivity contribution in [3.05, 3.63) is 45.9 Å². The van der Waals surface area contributed by atoms with Gasteiger partial charge in [-0.2, -0.15) is 0 Å². The Balaban J connectivity index is 2.08. The van der Waals surface area contributed by atoms with Crippen LogP contribution in [-0.4, -0.2) is 4.98 Å². The van der Waals surface area contributed by atoms with E-state index in [-0.39, 0.29) is 5.41 Å². The van der Waals surface area contributed by atoms with Gasteiger partial charge in [-0.3, -0.25) is 0 Å². The number of nitrogens with two attached hydrogens (primary N) is 1. The lowest BCUT2D eigenvalue weighted by Gasteiger charge is -2.41. The quantitative estimate of drug-likeness (QED) is 0.895. The third-order valence-electron chi connectivity index (χ3n) is 3.60. The number of aromatic nitrogens is 1. The smallest absolute Gasteiger partial charge is 0.180 e. The van der Waals surface area contributed by atoms with Gasteiger partial charge >= 0.3 is 0 Å². The van der Waals surface area contributed by atoms with E-state index in [0.29, 0.717) is 5.13 Å². The molecule has 2 N–H and O–H groups in total. The molecule has 17 heavy (non-hydrogen) atoms. The summed E-state index contributed by atoms with van der Waals surface area (Å²) in [5, 5.41) is 3.51. The number of halogens is 1. The Bertz CT molecular complexity index is 546. The maximum Gasteiger partial charge on any atom is 0.180 e. The van der Waals surface area contributed by atoms with Crippen molar-refractivity contribution >= 4 is 28.1 Å². The van der Waals surface area contributed by atoms with Gasteiger partial charge in [-0.1, -0.05) is 30.2 Å². The fourth-order valence-corrected chi connectivity index (χ4v) is 3.37. The maximum atomic E-state index is 6.08. The second-order valence-corrected chi connectivity index (χ2v) is 5.84. The molecule has 0 radical (unpaired) electrons. The average Bonchev–Trinajstić information content (AvgIpc) is 2.64. The monoisotopic (exact) mass is 264 g/mol. The summed E-state index contributed by atoms with van der Waals surface area (Å²) in [5.41, 5.74) is 8.17. The normalized spacial score (nSPS) is 17.7. The van der Waals surface area contributed by atoms with Crippen LogP contribution in [0.2, 0.25) is 5.02 Å². The van der Waals surface area contributed by atoms with E-state index < -0.39 is 0 Å². The molecule has 0 spiro atoms. The Labute approximate surface area is 109 Å². The van der Waals surface area contributed by atoms with Crippen molar-refractivity contribution in [1.29, 1.82) is 0 Å². The standard InChI is InChI=1S/C13H13ClN2S/c14-10-4-1-3-9(7-10)13(5-2-6-13)11-8-17-12(15)16-11/h1,3-4,7-8H,2,5-6H2,(H2,15,16). The molecule has 0 saturated heterocycles. The third kappa shape index (κ3) is 1.74. The van der Waals surface area contributed by atoms with Crippen LogP contribution in [0.3, 0.4) is 0 Å². The number of rotatable bonds is 2. The van der Waals surface area contributed by atoms with Crippen LogP contribution in [0, 0.1) is 0 Å². The fraction of sp³-hybridized carbons (Fsp3) is 0.308. The minimum absolute atomic E-state index is 0.0546. The van der Waals surface area contributed by atoms with Crippen LogP contribution in [0.15, 0.2) is 29.6 Å². The highest BCUT2D eigenvalue weighted by molar-refractivity contribution is 7.13. The minimum Gasteiger partial charge on any atom is -0.375 e. The van der Waals surface area contributed by atoms with Crippen molar-refractivity contribution in [3.63, 3.8) is 0 Å². The number of thiazole rings is 1. The summed E-state index contributed by atoms with van der Waals surface area (Å²) in [7, 11) is 0. The van der Waals surface area contributed by atoms with Crippen molar-refractivity contribution in [2.24, 2.45) is 0 Å². The first-order valence-corrected chi connectivity index (χ1v) is 6.94. The summed E-state index contributed by atoms with van der Waals surface area (Å²) in [5.74, 6) is 0. The molecule has 4 heteroatoms. The first-order valence-electron chi connectivity index (χ1n) is 5.68. The SMILES string of the molecule is Nc1nc(C2(c3cccc(Cl)c3)CCC2)cs1. The van der Waals surface area contributed by atoms with Gasteiger partial charge in [0.1, 0.15) is 0 Å². The van der Waals surface area contributed by atoms with Crippen LogP contribution in [0.1, 0.15) is 30.5 Å². The van der Waals surface area contributed by atoms with E-state index in [1.807, 2.05) is 12.1 Å². The topological polar surface area (TPSA) is 38.9 Å². The van der Waals surface area contributed by atoms with Crippen LogP contribution in [0.4, 0.5) is 5.13 Å². The van der Waals surface area contributed by atoms with Crippen LogP contribution in [-0.2, 0) is 5.41 Å².